The third-order valence-corrected chi connectivity index (χ3v) is 5.24. The van der Waals surface area contributed by atoms with E-state index in [0.29, 0.717) is 5.75 Å². The van der Waals surface area contributed by atoms with Crippen LogP contribution in [0, 0.1) is 5.82 Å². The molecule has 0 saturated carbocycles. The Balaban J connectivity index is 2.20. The van der Waals surface area contributed by atoms with Crippen molar-refractivity contribution in [3.05, 3.63) is 64.7 Å². The van der Waals surface area contributed by atoms with Crippen LogP contribution in [0.5, 0.6) is 5.75 Å². The fraction of sp³-hybridized carbons (Fsp3) is 0.0625. The average Bonchev–Trinajstić information content (AvgIpc) is 2.54. The van der Waals surface area contributed by atoms with Gasteiger partial charge in [0.2, 0.25) is 15.3 Å². The summed E-state index contributed by atoms with van der Waals surface area (Å²) < 4.78 is 43.4. The smallest absolute Gasteiger partial charge is 0.211 e. The van der Waals surface area contributed by atoms with Gasteiger partial charge in [0.15, 0.2) is 0 Å². The van der Waals surface area contributed by atoms with E-state index in [-0.39, 0.29) is 20.7 Å². The van der Waals surface area contributed by atoms with Crippen LogP contribution in [0.15, 0.2) is 63.2 Å². The quantitative estimate of drug-likeness (QED) is 0.799. The predicted molar refractivity (Wildman–Crippen MR) is 83.0 cm³/mol. The molecule has 0 saturated heterocycles. The van der Waals surface area contributed by atoms with Gasteiger partial charge in [0.05, 0.1) is 17.5 Å². The number of hydrogen-bond acceptors (Lipinski definition) is 4. The molecule has 5 nitrogen and oxygen atoms in total. The van der Waals surface area contributed by atoms with Crippen LogP contribution < -0.4 is 10.2 Å². The summed E-state index contributed by atoms with van der Waals surface area (Å²) in [6.45, 7) is 0. The van der Waals surface area contributed by atoms with Crippen LogP contribution >= 0.6 is 0 Å². The van der Waals surface area contributed by atoms with Crippen molar-refractivity contribution in [2.24, 2.45) is 0 Å². The lowest BCUT2D eigenvalue weighted by Gasteiger charge is -2.06. The molecule has 0 aliphatic rings. The number of rotatable bonds is 3. The van der Waals surface area contributed by atoms with Gasteiger partial charge >= 0.3 is 0 Å². The van der Waals surface area contributed by atoms with Gasteiger partial charge < -0.3 is 9.72 Å². The number of ether oxygens (including phenoxy) is 1. The van der Waals surface area contributed by atoms with Crippen LogP contribution in [0.3, 0.4) is 0 Å². The summed E-state index contributed by atoms with van der Waals surface area (Å²) >= 11 is 0. The van der Waals surface area contributed by atoms with E-state index in [1.807, 2.05) is 0 Å². The molecule has 1 heterocycles. The predicted octanol–water partition coefficient (Wildman–Crippen LogP) is 2.51. The van der Waals surface area contributed by atoms with Crippen molar-refractivity contribution in [2.45, 2.75) is 9.79 Å². The standard InChI is InChI=1S/C16H12FNO4S/c1-22-11-3-5-12(6-4-11)23(20,21)15-9-18-14-8-10(17)2-7-13(14)16(15)19/h2-9H,1H3,(H,18,19). The number of H-pyrrole nitrogens is 1. The normalized spacial score (nSPS) is 11.6. The highest BCUT2D eigenvalue weighted by Gasteiger charge is 2.22. The molecule has 118 valence electrons. The van der Waals surface area contributed by atoms with Crippen LogP contribution in [-0.2, 0) is 9.84 Å². The maximum Gasteiger partial charge on any atom is 0.211 e. The molecule has 1 N–H and O–H groups in total. The molecule has 23 heavy (non-hydrogen) atoms. The lowest BCUT2D eigenvalue weighted by Crippen LogP contribution is -2.16. The van der Waals surface area contributed by atoms with Crippen LogP contribution in [-0.4, -0.2) is 20.5 Å². The fourth-order valence-electron chi connectivity index (χ4n) is 2.26. The summed E-state index contributed by atoms with van der Waals surface area (Å²) in [5.41, 5.74) is -0.432. The van der Waals surface area contributed by atoms with Crippen molar-refractivity contribution in [1.29, 1.82) is 0 Å². The second-order valence-electron chi connectivity index (χ2n) is 4.85. The summed E-state index contributed by atoms with van der Waals surface area (Å²) in [6.07, 6.45) is 1.09. The van der Waals surface area contributed by atoms with Crippen LogP contribution in [0.4, 0.5) is 4.39 Å². The van der Waals surface area contributed by atoms with Gasteiger partial charge in [0.25, 0.3) is 0 Å². The molecule has 0 spiro atoms. The fourth-order valence-corrected chi connectivity index (χ4v) is 3.57. The zero-order valence-corrected chi connectivity index (χ0v) is 12.9. The first kappa shape index (κ1) is 15.2. The van der Waals surface area contributed by atoms with Crippen LogP contribution in [0.1, 0.15) is 0 Å². The maximum absolute atomic E-state index is 13.2. The number of pyridine rings is 1. The first-order chi connectivity index (χ1) is 10.9. The van der Waals surface area contributed by atoms with E-state index in [9.17, 15) is 17.6 Å². The Labute approximate surface area is 131 Å². The summed E-state index contributed by atoms with van der Waals surface area (Å²) in [5.74, 6) is -0.00856. The Kier molecular flexibility index (Phi) is 3.65. The molecule has 0 unspecified atom stereocenters. The van der Waals surface area contributed by atoms with E-state index in [0.717, 1.165) is 18.3 Å². The van der Waals surface area contributed by atoms with Crippen LogP contribution in [0.2, 0.25) is 0 Å². The Hall–Kier alpha value is -2.67. The van der Waals surface area contributed by atoms with E-state index in [1.54, 1.807) is 0 Å². The highest BCUT2D eigenvalue weighted by atomic mass is 32.2. The van der Waals surface area contributed by atoms with Gasteiger partial charge in [-0.1, -0.05) is 0 Å². The van der Waals surface area contributed by atoms with Crippen molar-refractivity contribution in [2.75, 3.05) is 7.11 Å². The molecule has 0 bridgehead atoms. The van der Waals surface area contributed by atoms with Gasteiger partial charge in [0.1, 0.15) is 16.5 Å². The molecule has 1 aromatic heterocycles. The minimum Gasteiger partial charge on any atom is -0.497 e. The Morgan fingerprint density at radius 3 is 2.43 bits per heavy atom. The highest BCUT2D eigenvalue weighted by molar-refractivity contribution is 7.91. The minimum absolute atomic E-state index is 0.0229. The highest BCUT2D eigenvalue weighted by Crippen LogP contribution is 2.22. The molecule has 0 fully saturated rings. The van der Waals surface area contributed by atoms with E-state index >= 15 is 0 Å². The number of halogens is 1. The second-order valence-corrected chi connectivity index (χ2v) is 6.77. The number of hydrogen-bond donors (Lipinski definition) is 1. The van der Waals surface area contributed by atoms with Crippen molar-refractivity contribution in [3.63, 3.8) is 0 Å². The summed E-state index contributed by atoms with van der Waals surface area (Å²) in [6, 6.07) is 9.23. The van der Waals surface area contributed by atoms with Gasteiger partial charge in [-0.2, -0.15) is 0 Å². The molecule has 7 heteroatoms. The van der Waals surface area contributed by atoms with E-state index in [2.05, 4.69) is 4.98 Å². The SMILES string of the molecule is COc1ccc(S(=O)(=O)c2c[nH]c3cc(F)ccc3c2=O)cc1. The van der Waals surface area contributed by atoms with E-state index in [4.69, 9.17) is 4.74 Å². The molecular weight excluding hydrogens is 321 g/mol. The number of methoxy groups -OCH3 is 1. The molecule has 3 rings (SSSR count). The second kappa shape index (κ2) is 5.51. The third-order valence-electron chi connectivity index (χ3n) is 3.47. The van der Waals surface area contributed by atoms with Gasteiger partial charge in [0, 0.05) is 11.6 Å². The molecule has 3 aromatic rings. The number of aromatic nitrogens is 1. The summed E-state index contributed by atoms with van der Waals surface area (Å²) in [7, 11) is -2.52. The molecule has 0 amide bonds. The topological polar surface area (TPSA) is 76.2 Å². The number of fused-ring (bicyclic) bond motifs is 1. The Morgan fingerprint density at radius 2 is 1.78 bits per heavy atom. The van der Waals surface area contributed by atoms with Crippen molar-refractivity contribution in [1.82, 2.24) is 4.98 Å². The monoisotopic (exact) mass is 333 g/mol. The molecule has 0 aliphatic heterocycles. The van der Waals surface area contributed by atoms with Gasteiger partial charge in [-0.05, 0) is 42.5 Å². The molecule has 0 aliphatic carbocycles. The van der Waals surface area contributed by atoms with Gasteiger partial charge in [-0.15, -0.1) is 0 Å². The zero-order chi connectivity index (χ0) is 16.6. The Bertz CT molecular complexity index is 1040. The molecule has 2 aromatic carbocycles. The average molecular weight is 333 g/mol. The van der Waals surface area contributed by atoms with Crippen molar-refractivity contribution >= 4 is 20.7 Å². The lowest BCUT2D eigenvalue weighted by molar-refractivity contribution is 0.414. The molecule has 0 atom stereocenters. The van der Waals surface area contributed by atoms with E-state index < -0.39 is 21.1 Å². The third kappa shape index (κ3) is 2.59. The summed E-state index contributed by atoms with van der Waals surface area (Å²) in [4.78, 5) is 14.7. The van der Waals surface area contributed by atoms with E-state index in [1.165, 1.54) is 37.4 Å². The zero-order valence-electron chi connectivity index (χ0n) is 12.0. The first-order valence-electron chi connectivity index (χ1n) is 6.63. The summed E-state index contributed by atoms with van der Waals surface area (Å²) in [5, 5.41) is 0.112. The number of benzene rings is 2. The molecule has 0 radical (unpaired) electrons. The van der Waals surface area contributed by atoms with Crippen molar-refractivity contribution in [3.8, 4) is 5.75 Å². The van der Waals surface area contributed by atoms with Crippen molar-refractivity contribution < 1.29 is 17.5 Å². The molecular formula is C16H12FNO4S. The first-order valence-corrected chi connectivity index (χ1v) is 8.12. The minimum atomic E-state index is -3.99. The largest absolute Gasteiger partial charge is 0.497 e. The van der Waals surface area contributed by atoms with Gasteiger partial charge in [-0.3, -0.25) is 4.79 Å². The lowest BCUT2D eigenvalue weighted by atomic mass is 10.2. The number of aromatic amines is 1. The number of nitrogens with one attached hydrogen (secondary N) is 1. The van der Waals surface area contributed by atoms with Gasteiger partial charge in [-0.25, -0.2) is 12.8 Å². The maximum atomic E-state index is 13.2. The Morgan fingerprint density at radius 1 is 1.09 bits per heavy atom. The van der Waals surface area contributed by atoms with Crippen LogP contribution in [0.25, 0.3) is 10.9 Å². The number of sulfone groups is 1.